The summed E-state index contributed by atoms with van der Waals surface area (Å²) in [5, 5.41) is 9.59. The SMILES string of the molecule is COc1cc(/C=C/[C]=O)cc(OC)c1O. The molecular weight excluding hydrogens is 196 g/mol. The average molecular weight is 207 g/mol. The Labute approximate surface area is 87.7 Å². The summed E-state index contributed by atoms with van der Waals surface area (Å²) in [4.78, 5) is 10.0. The number of rotatable bonds is 4. The van der Waals surface area contributed by atoms with E-state index >= 15 is 0 Å². The smallest absolute Gasteiger partial charge is 0.225 e. The molecule has 79 valence electrons. The fourth-order valence-corrected chi connectivity index (χ4v) is 1.14. The van der Waals surface area contributed by atoms with Crippen molar-refractivity contribution < 1.29 is 19.4 Å². The van der Waals surface area contributed by atoms with Gasteiger partial charge in [0.2, 0.25) is 12.0 Å². The van der Waals surface area contributed by atoms with Gasteiger partial charge in [-0.05, 0) is 23.8 Å². The van der Waals surface area contributed by atoms with Gasteiger partial charge in [-0.2, -0.15) is 0 Å². The summed E-state index contributed by atoms with van der Waals surface area (Å²) in [5.41, 5.74) is 0.685. The maximum atomic E-state index is 10.0. The van der Waals surface area contributed by atoms with E-state index in [4.69, 9.17) is 9.47 Å². The maximum Gasteiger partial charge on any atom is 0.225 e. The maximum absolute atomic E-state index is 10.0. The summed E-state index contributed by atoms with van der Waals surface area (Å²) in [6.45, 7) is 0. The molecule has 0 saturated heterocycles. The van der Waals surface area contributed by atoms with Gasteiger partial charge in [-0.25, -0.2) is 0 Å². The van der Waals surface area contributed by atoms with Crippen LogP contribution >= 0.6 is 0 Å². The van der Waals surface area contributed by atoms with Crippen molar-refractivity contribution in [1.29, 1.82) is 0 Å². The monoisotopic (exact) mass is 207 g/mol. The zero-order chi connectivity index (χ0) is 11.3. The lowest BCUT2D eigenvalue weighted by atomic mass is 10.1. The molecule has 0 bridgehead atoms. The number of allylic oxidation sites excluding steroid dienone is 1. The van der Waals surface area contributed by atoms with Gasteiger partial charge < -0.3 is 14.6 Å². The molecule has 1 aromatic rings. The average Bonchev–Trinajstić information content (AvgIpc) is 2.27. The number of phenolic OH excluding ortho intramolecular Hbond substituents is 1. The Balaban J connectivity index is 3.20. The van der Waals surface area contributed by atoms with Crippen LogP contribution in [0.2, 0.25) is 0 Å². The Bertz CT molecular complexity index is 357. The highest BCUT2D eigenvalue weighted by atomic mass is 16.5. The quantitative estimate of drug-likeness (QED) is 0.761. The number of carbonyl (C=O) groups excluding carboxylic acids is 1. The van der Waals surface area contributed by atoms with Crippen molar-refractivity contribution in [3.05, 3.63) is 23.8 Å². The molecule has 0 heterocycles. The van der Waals surface area contributed by atoms with Gasteiger partial charge in [0.15, 0.2) is 11.5 Å². The highest BCUT2D eigenvalue weighted by Crippen LogP contribution is 2.37. The van der Waals surface area contributed by atoms with Crippen LogP contribution in [0.1, 0.15) is 5.56 Å². The number of phenols is 1. The normalized spacial score (nSPS) is 10.3. The zero-order valence-electron chi connectivity index (χ0n) is 8.48. The summed E-state index contributed by atoms with van der Waals surface area (Å²) in [6, 6.07) is 3.18. The molecule has 1 aromatic carbocycles. The molecule has 4 heteroatoms. The van der Waals surface area contributed by atoms with Crippen LogP contribution in [0.4, 0.5) is 0 Å². The number of benzene rings is 1. The summed E-state index contributed by atoms with van der Waals surface area (Å²) < 4.78 is 9.89. The molecule has 0 saturated carbocycles. The minimum Gasteiger partial charge on any atom is -0.502 e. The second kappa shape index (κ2) is 5.05. The van der Waals surface area contributed by atoms with Crippen molar-refractivity contribution in [2.24, 2.45) is 0 Å². The number of ether oxygens (including phenoxy) is 2. The van der Waals surface area contributed by atoms with Gasteiger partial charge in [-0.15, -0.1) is 0 Å². The van der Waals surface area contributed by atoms with E-state index < -0.39 is 0 Å². The first-order valence-corrected chi connectivity index (χ1v) is 4.22. The van der Waals surface area contributed by atoms with Crippen molar-refractivity contribution in [1.82, 2.24) is 0 Å². The van der Waals surface area contributed by atoms with E-state index in [0.717, 1.165) is 0 Å². The molecule has 0 unspecified atom stereocenters. The minimum atomic E-state index is -0.0627. The summed E-state index contributed by atoms with van der Waals surface area (Å²) in [6.07, 6.45) is 4.40. The van der Waals surface area contributed by atoms with Gasteiger partial charge in [0, 0.05) is 0 Å². The predicted molar refractivity (Wildman–Crippen MR) is 55.9 cm³/mol. The van der Waals surface area contributed by atoms with Crippen molar-refractivity contribution in [3.63, 3.8) is 0 Å². The Morgan fingerprint density at radius 3 is 2.20 bits per heavy atom. The van der Waals surface area contributed by atoms with Crippen LogP contribution in [0.15, 0.2) is 18.2 Å². The molecule has 1 radical (unpaired) electrons. The van der Waals surface area contributed by atoms with E-state index in [9.17, 15) is 9.90 Å². The molecule has 4 nitrogen and oxygen atoms in total. The number of hydrogen-bond acceptors (Lipinski definition) is 4. The molecule has 1 N–H and O–H groups in total. The van der Waals surface area contributed by atoms with Crippen LogP contribution in [0.5, 0.6) is 17.2 Å². The Morgan fingerprint density at radius 1 is 1.27 bits per heavy atom. The topological polar surface area (TPSA) is 55.8 Å². The van der Waals surface area contributed by atoms with Crippen LogP contribution in [-0.2, 0) is 4.79 Å². The summed E-state index contributed by atoms with van der Waals surface area (Å²) in [7, 11) is 2.88. The van der Waals surface area contributed by atoms with E-state index in [0.29, 0.717) is 17.1 Å². The third-order valence-corrected chi connectivity index (χ3v) is 1.85. The molecular formula is C11H11O4. The molecule has 0 spiro atoms. The Hall–Kier alpha value is -1.97. The second-order valence-corrected chi connectivity index (χ2v) is 2.73. The van der Waals surface area contributed by atoms with E-state index in [1.54, 1.807) is 18.4 Å². The van der Waals surface area contributed by atoms with Crippen molar-refractivity contribution in [2.75, 3.05) is 14.2 Å². The van der Waals surface area contributed by atoms with Gasteiger partial charge >= 0.3 is 0 Å². The summed E-state index contributed by atoms with van der Waals surface area (Å²) >= 11 is 0. The zero-order valence-corrected chi connectivity index (χ0v) is 8.48. The van der Waals surface area contributed by atoms with Gasteiger partial charge in [-0.3, -0.25) is 4.79 Å². The third kappa shape index (κ3) is 2.49. The minimum absolute atomic E-state index is 0.0627. The number of methoxy groups -OCH3 is 2. The van der Waals surface area contributed by atoms with E-state index in [1.165, 1.54) is 26.4 Å². The molecule has 0 amide bonds. The lowest BCUT2D eigenvalue weighted by Crippen LogP contribution is -1.90. The van der Waals surface area contributed by atoms with Crippen molar-refractivity contribution >= 4 is 12.4 Å². The summed E-state index contributed by atoms with van der Waals surface area (Å²) in [5.74, 6) is 0.520. The van der Waals surface area contributed by atoms with Crippen LogP contribution in [-0.4, -0.2) is 25.6 Å². The fourth-order valence-electron chi connectivity index (χ4n) is 1.14. The van der Waals surface area contributed by atoms with Gasteiger partial charge in [-0.1, -0.05) is 6.08 Å². The highest BCUT2D eigenvalue weighted by molar-refractivity contribution is 5.75. The standard InChI is InChI=1S/C11H11O4/c1-14-9-6-8(4-3-5-12)7-10(15-2)11(9)13/h3-4,6-7,13H,1-2H3/b4-3+. The lowest BCUT2D eigenvalue weighted by molar-refractivity contribution is 0.340. The third-order valence-electron chi connectivity index (χ3n) is 1.85. The Kier molecular flexibility index (Phi) is 3.74. The van der Waals surface area contributed by atoms with Crippen molar-refractivity contribution in [3.8, 4) is 17.2 Å². The molecule has 0 aliphatic heterocycles. The first-order chi connectivity index (χ1) is 7.22. The number of aromatic hydroxyl groups is 1. The number of hydrogen-bond donors (Lipinski definition) is 1. The van der Waals surface area contributed by atoms with E-state index in [-0.39, 0.29) is 5.75 Å². The van der Waals surface area contributed by atoms with Gasteiger partial charge in [0.25, 0.3) is 0 Å². The molecule has 0 aromatic heterocycles. The molecule has 15 heavy (non-hydrogen) atoms. The predicted octanol–water partition coefficient (Wildman–Crippen LogP) is 1.53. The first-order valence-electron chi connectivity index (χ1n) is 4.22. The van der Waals surface area contributed by atoms with Crippen molar-refractivity contribution in [2.45, 2.75) is 0 Å². The lowest BCUT2D eigenvalue weighted by Gasteiger charge is -2.09. The Morgan fingerprint density at radius 2 is 1.80 bits per heavy atom. The fraction of sp³-hybridized carbons (Fsp3) is 0.182. The molecule has 1 rings (SSSR count). The van der Waals surface area contributed by atoms with Crippen LogP contribution in [0, 0.1) is 0 Å². The highest BCUT2D eigenvalue weighted by Gasteiger charge is 2.09. The largest absolute Gasteiger partial charge is 0.502 e. The van der Waals surface area contributed by atoms with Crippen LogP contribution in [0.3, 0.4) is 0 Å². The van der Waals surface area contributed by atoms with Gasteiger partial charge in [0.1, 0.15) is 0 Å². The molecule has 0 aliphatic rings. The van der Waals surface area contributed by atoms with Crippen LogP contribution in [0.25, 0.3) is 6.08 Å². The second-order valence-electron chi connectivity index (χ2n) is 2.73. The molecule has 0 aliphatic carbocycles. The van der Waals surface area contributed by atoms with E-state index in [1.807, 2.05) is 0 Å². The first kappa shape index (κ1) is 11.1. The van der Waals surface area contributed by atoms with Crippen LogP contribution < -0.4 is 9.47 Å². The molecule has 0 atom stereocenters. The van der Waals surface area contributed by atoms with Gasteiger partial charge in [0.05, 0.1) is 14.2 Å². The molecule has 0 fully saturated rings. The van der Waals surface area contributed by atoms with E-state index in [2.05, 4.69) is 0 Å².